The van der Waals surface area contributed by atoms with Gasteiger partial charge < -0.3 is 20.7 Å². The molecule has 0 amide bonds. The summed E-state index contributed by atoms with van der Waals surface area (Å²) in [6.07, 6.45) is -2.41. The molecule has 0 radical (unpaired) electrons. The van der Waals surface area contributed by atoms with Gasteiger partial charge >= 0.3 is 0 Å². The van der Waals surface area contributed by atoms with Crippen molar-refractivity contribution in [3.63, 3.8) is 0 Å². The molecular weight excluding hydrogens is 309 g/mol. The zero-order valence-corrected chi connectivity index (χ0v) is 11.5. The van der Waals surface area contributed by atoms with Crippen LogP contribution in [0, 0.1) is 0 Å². The van der Waals surface area contributed by atoms with E-state index in [4.69, 9.17) is 33.7 Å². The summed E-state index contributed by atoms with van der Waals surface area (Å²) in [5, 5.41) is 19.8. The molecule has 20 heavy (non-hydrogen) atoms. The first-order chi connectivity index (χ1) is 9.52. The van der Waals surface area contributed by atoms with E-state index in [1.807, 2.05) is 0 Å². The van der Waals surface area contributed by atoms with E-state index in [9.17, 15) is 10.2 Å². The van der Waals surface area contributed by atoms with Crippen LogP contribution in [0.4, 0.5) is 5.82 Å². The summed E-state index contributed by atoms with van der Waals surface area (Å²) in [5.74, 6) is 0.180. The molecule has 108 valence electrons. The van der Waals surface area contributed by atoms with Gasteiger partial charge in [0.1, 0.15) is 23.8 Å². The van der Waals surface area contributed by atoms with E-state index in [0.29, 0.717) is 11.2 Å². The Morgan fingerprint density at radius 1 is 1.35 bits per heavy atom. The number of aliphatic hydroxyl groups excluding tert-OH is 2. The standard InChI is InChI=1S/C10H11Cl2N5O3/c11-1-3-5(18)6(19)9(20-3)17-2-14-4-7(13)15-10(12)16-8(4)17/h2-3,5-6,9,18-19H,1H2,(H2,13,15,16)/t3-,5-,6-,9-/m1/s1. The Morgan fingerprint density at radius 2 is 2.10 bits per heavy atom. The molecule has 0 bridgehead atoms. The van der Waals surface area contributed by atoms with Crippen LogP contribution in [0.2, 0.25) is 5.28 Å². The molecule has 3 heterocycles. The van der Waals surface area contributed by atoms with Crippen molar-refractivity contribution in [3.8, 4) is 0 Å². The number of hydrogen-bond donors (Lipinski definition) is 3. The lowest BCUT2D eigenvalue weighted by atomic mass is 10.1. The maximum absolute atomic E-state index is 10.0. The molecule has 4 atom stereocenters. The number of nitrogens with two attached hydrogens (primary N) is 1. The van der Waals surface area contributed by atoms with Crippen LogP contribution in [0.25, 0.3) is 11.2 Å². The van der Waals surface area contributed by atoms with Gasteiger partial charge in [-0.15, -0.1) is 11.6 Å². The van der Waals surface area contributed by atoms with Crippen molar-refractivity contribution in [1.82, 2.24) is 19.5 Å². The molecule has 2 aromatic heterocycles. The van der Waals surface area contributed by atoms with Crippen molar-refractivity contribution < 1.29 is 14.9 Å². The first kappa shape index (κ1) is 13.8. The van der Waals surface area contributed by atoms with Gasteiger partial charge in [-0.05, 0) is 11.6 Å². The number of hydrogen-bond acceptors (Lipinski definition) is 7. The number of alkyl halides is 1. The van der Waals surface area contributed by atoms with E-state index in [1.165, 1.54) is 10.9 Å². The maximum Gasteiger partial charge on any atom is 0.226 e. The molecule has 1 aliphatic rings. The van der Waals surface area contributed by atoms with Crippen molar-refractivity contribution in [1.29, 1.82) is 0 Å². The monoisotopic (exact) mass is 319 g/mol. The van der Waals surface area contributed by atoms with Gasteiger partial charge in [0.05, 0.1) is 12.2 Å². The molecule has 1 fully saturated rings. The summed E-state index contributed by atoms with van der Waals surface area (Å²) in [6, 6.07) is 0. The minimum atomic E-state index is -1.16. The Hall–Kier alpha value is -1.19. The molecule has 8 nitrogen and oxygen atoms in total. The van der Waals surface area contributed by atoms with E-state index in [1.54, 1.807) is 0 Å². The fourth-order valence-corrected chi connectivity index (χ4v) is 2.61. The topological polar surface area (TPSA) is 119 Å². The molecule has 4 N–H and O–H groups in total. The molecule has 0 unspecified atom stereocenters. The van der Waals surface area contributed by atoms with Gasteiger partial charge in [0, 0.05) is 0 Å². The van der Waals surface area contributed by atoms with E-state index in [-0.39, 0.29) is 17.0 Å². The third-order valence-electron chi connectivity index (χ3n) is 3.18. The fourth-order valence-electron chi connectivity index (χ4n) is 2.18. The smallest absolute Gasteiger partial charge is 0.226 e. The second-order valence-corrected chi connectivity index (χ2v) is 5.05. The third-order valence-corrected chi connectivity index (χ3v) is 3.66. The normalized spacial score (nSPS) is 30.2. The third kappa shape index (κ3) is 2.00. The summed E-state index contributed by atoms with van der Waals surface area (Å²) in [5.41, 5.74) is 6.35. The fraction of sp³-hybridized carbons (Fsp3) is 0.500. The van der Waals surface area contributed by atoms with Crippen LogP contribution in [0.5, 0.6) is 0 Å². The maximum atomic E-state index is 10.0. The van der Waals surface area contributed by atoms with Crippen LogP contribution >= 0.6 is 23.2 Å². The zero-order valence-electron chi connectivity index (χ0n) is 10.0. The average molecular weight is 320 g/mol. The molecule has 0 spiro atoms. The van der Waals surface area contributed by atoms with Gasteiger partial charge in [0.25, 0.3) is 0 Å². The quantitative estimate of drug-likeness (QED) is 0.523. The number of aliphatic hydroxyl groups is 2. The zero-order chi connectivity index (χ0) is 14.4. The van der Waals surface area contributed by atoms with Crippen molar-refractivity contribution in [3.05, 3.63) is 11.6 Å². The van der Waals surface area contributed by atoms with Gasteiger partial charge in [-0.3, -0.25) is 4.57 Å². The summed E-state index contributed by atoms with van der Waals surface area (Å²) in [4.78, 5) is 11.9. The summed E-state index contributed by atoms with van der Waals surface area (Å²) >= 11 is 11.4. The van der Waals surface area contributed by atoms with Crippen molar-refractivity contribution >= 4 is 40.2 Å². The number of nitrogens with zero attached hydrogens (tertiary/aromatic N) is 4. The Morgan fingerprint density at radius 3 is 2.75 bits per heavy atom. The van der Waals surface area contributed by atoms with E-state index < -0.39 is 24.5 Å². The summed E-state index contributed by atoms with van der Waals surface area (Å²) in [6.45, 7) is 0. The number of rotatable bonds is 2. The molecule has 1 aliphatic heterocycles. The number of aromatic nitrogens is 4. The van der Waals surface area contributed by atoms with Crippen molar-refractivity contribution in [2.75, 3.05) is 11.6 Å². The Balaban J connectivity index is 2.07. The molecule has 0 saturated carbocycles. The first-order valence-corrected chi connectivity index (χ1v) is 6.67. The van der Waals surface area contributed by atoms with Gasteiger partial charge in [0.2, 0.25) is 5.28 Å². The second-order valence-electron chi connectivity index (χ2n) is 4.40. The van der Waals surface area contributed by atoms with Gasteiger partial charge in [-0.2, -0.15) is 9.97 Å². The molecule has 3 rings (SSSR count). The number of anilines is 1. The van der Waals surface area contributed by atoms with Crippen molar-refractivity contribution in [2.24, 2.45) is 0 Å². The molecule has 1 saturated heterocycles. The number of imidazole rings is 1. The lowest BCUT2D eigenvalue weighted by molar-refractivity contribution is -0.0291. The highest BCUT2D eigenvalue weighted by Gasteiger charge is 2.43. The Kier molecular flexibility index (Phi) is 3.43. The van der Waals surface area contributed by atoms with Crippen LogP contribution in [0.15, 0.2) is 6.33 Å². The minimum absolute atomic E-state index is 0.0429. The van der Waals surface area contributed by atoms with Crippen LogP contribution in [0.3, 0.4) is 0 Å². The lowest BCUT2D eigenvalue weighted by Gasteiger charge is -2.16. The Labute approximate surface area is 123 Å². The number of halogens is 2. The first-order valence-electron chi connectivity index (χ1n) is 5.76. The second kappa shape index (κ2) is 4.97. The number of fused-ring (bicyclic) bond motifs is 1. The van der Waals surface area contributed by atoms with E-state index in [0.717, 1.165) is 0 Å². The highest BCUT2D eigenvalue weighted by Crippen LogP contribution is 2.32. The molecular formula is C10H11Cl2N5O3. The predicted molar refractivity (Wildman–Crippen MR) is 71.4 cm³/mol. The molecule has 0 aromatic carbocycles. The van der Waals surface area contributed by atoms with Crippen molar-refractivity contribution in [2.45, 2.75) is 24.5 Å². The average Bonchev–Trinajstić information content (AvgIpc) is 2.93. The SMILES string of the molecule is Nc1nc(Cl)nc2c1ncn2[C@@H]1O[C@H](CCl)[C@@H](O)[C@H]1O. The minimum Gasteiger partial charge on any atom is -0.387 e. The number of ether oxygens (including phenoxy) is 1. The molecule has 10 heteroatoms. The van der Waals surface area contributed by atoms with E-state index >= 15 is 0 Å². The van der Waals surface area contributed by atoms with Gasteiger partial charge in [0.15, 0.2) is 17.7 Å². The molecule has 0 aliphatic carbocycles. The van der Waals surface area contributed by atoms with E-state index in [2.05, 4.69) is 15.0 Å². The van der Waals surface area contributed by atoms with Crippen LogP contribution in [0.1, 0.15) is 6.23 Å². The highest BCUT2D eigenvalue weighted by molar-refractivity contribution is 6.28. The summed E-state index contributed by atoms with van der Waals surface area (Å²) in [7, 11) is 0. The van der Waals surface area contributed by atoms with Gasteiger partial charge in [-0.1, -0.05) is 0 Å². The summed E-state index contributed by atoms with van der Waals surface area (Å²) < 4.78 is 6.96. The highest BCUT2D eigenvalue weighted by atomic mass is 35.5. The lowest BCUT2D eigenvalue weighted by Crippen LogP contribution is -2.32. The number of nitrogen functional groups attached to an aromatic ring is 1. The Bertz CT molecular complexity index is 651. The van der Waals surface area contributed by atoms with Crippen LogP contribution < -0.4 is 5.73 Å². The predicted octanol–water partition coefficient (Wildman–Crippen LogP) is -0.0801. The van der Waals surface area contributed by atoms with Gasteiger partial charge in [-0.25, -0.2) is 4.98 Å². The largest absolute Gasteiger partial charge is 0.387 e. The van der Waals surface area contributed by atoms with Crippen LogP contribution in [-0.2, 0) is 4.74 Å². The molecule has 2 aromatic rings. The van der Waals surface area contributed by atoms with Crippen LogP contribution in [-0.4, -0.2) is 53.9 Å².